The fourth-order valence-corrected chi connectivity index (χ4v) is 1.50. The van der Waals surface area contributed by atoms with E-state index >= 15 is 0 Å². The summed E-state index contributed by atoms with van der Waals surface area (Å²) in [6.45, 7) is 1.59. The van der Waals surface area contributed by atoms with Crippen molar-refractivity contribution in [2.75, 3.05) is 0 Å². The third-order valence-electron chi connectivity index (χ3n) is 2.35. The topological polar surface area (TPSA) is 33.0 Å². The number of halogens is 2. The van der Waals surface area contributed by atoms with Crippen molar-refractivity contribution in [1.82, 2.24) is 0 Å². The first kappa shape index (κ1) is 12.1. The number of hydrogen-bond acceptors (Lipinski definition) is 2. The Labute approximate surface area is 103 Å². The van der Waals surface area contributed by atoms with E-state index in [4.69, 9.17) is 10.00 Å². The minimum absolute atomic E-state index is 0.274. The number of nitriles is 1. The molecule has 90 valence electrons. The normalized spacial score (nSPS) is 9.89. The van der Waals surface area contributed by atoms with Gasteiger partial charge in [-0.15, -0.1) is 0 Å². The number of aryl methyl sites for hydroxylation is 1. The van der Waals surface area contributed by atoms with Crippen LogP contribution in [0.25, 0.3) is 0 Å². The summed E-state index contributed by atoms with van der Waals surface area (Å²) in [7, 11) is 0. The predicted octanol–water partition coefficient (Wildman–Crippen LogP) is 3.94. The Bertz CT molecular complexity index is 592. The summed E-state index contributed by atoms with van der Waals surface area (Å²) in [6, 6.07) is 10.3. The average Bonchev–Trinajstić information content (AvgIpc) is 2.34. The lowest BCUT2D eigenvalue weighted by atomic mass is 10.2. The molecule has 0 fully saturated rings. The van der Waals surface area contributed by atoms with Gasteiger partial charge in [0.1, 0.15) is 5.75 Å². The molecule has 0 amide bonds. The Morgan fingerprint density at radius 3 is 2.11 bits per heavy atom. The molecule has 0 atom stereocenters. The third-order valence-corrected chi connectivity index (χ3v) is 2.35. The monoisotopic (exact) mass is 245 g/mol. The zero-order valence-electron chi connectivity index (χ0n) is 9.58. The molecule has 0 aliphatic rings. The van der Waals surface area contributed by atoms with E-state index in [0.29, 0.717) is 11.1 Å². The molecule has 2 aromatic rings. The van der Waals surface area contributed by atoms with Crippen LogP contribution >= 0.6 is 0 Å². The van der Waals surface area contributed by atoms with Crippen molar-refractivity contribution in [3.05, 3.63) is 59.2 Å². The van der Waals surface area contributed by atoms with E-state index < -0.39 is 17.4 Å². The number of benzene rings is 2. The molecule has 2 nitrogen and oxygen atoms in total. The molecule has 0 N–H and O–H groups in total. The summed E-state index contributed by atoms with van der Waals surface area (Å²) in [4.78, 5) is 0. The van der Waals surface area contributed by atoms with Crippen molar-refractivity contribution < 1.29 is 13.5 Å². The van der Waals surface area contributed by atoms with Gasteiger partial charge in [0, 0.05) is 0 Å². The summed E-state index contributed by atoms with van der Waals surface area (Å²) in [5, 5.41) is 8.63. The Balaban J connectivity index is 2.31. The van der Waals surface area contributed by atoms with Gasteiger partial charge in [-0.25, -0.2) is 8.78 Å². The molecule has 0 aliphatic heterocycles. The van der Waals surface area contributed by atoms with E-state index in [2.05, 4.69) is 0 Å². The van der Waals surface area contributed by atoms with Gasteiger partial charge in [0.05, 0.1) is 11.6 Å². The number of hydrogen-bond donors (Lipinski definition) is 0. The van der Waals surface area contributed by atoms with Crippen LogP contribution in [-0.4, -0.2) is 0 Å². The molecule has 0 aliphatic carbocycles. The van der Waals surface area contributed by atoms with E-state index in [0.717, 1.165) is 0 Å². The molecule has 0 bridgehead atoms. The zero-order chi connectivity index (χ0) is 13.1. The molecular weight excluding hydrogens is 236 g/mol. The summed E-state index contributed by atoms with van der Waals surface area (Å²) in [5.74, 6) is -1.67. The van der Waals surface area contributed by atoms with Crippen molar-refractivity contribution in [3.63, 3.8) is 0 Å². The van der Waals surface area contributed by atoms with Crippen LogP contribution in [0.2, 0.25) is 0 Å². The Kier molecular flexibility index (Phi) is 3.24. The second kappa shape index (κ2) is 4.84. The van der Waals surface area contributed by atoms with E-state index in [1.165, 1.54) is 36.4 Å². The fourth-order valence-electron chi connectivity index (χ4n) is 1.50. The van der Waals surface area contributed by atoms with Gasteiger partial charge in [0.2, 0.25) is 0 Å². The third kappa shape index (κ3) is 2.46. The molecule has 0 radical (unpaired) electrons. The van der Waals surface area contributed by atoms with Gasteiger partial charge < -0.3 is 4.74 Å². The van der Waals surface area contributed by atoms with Gasteiger partial charge in [-0.05, 0) is 48.9 Å². The first-order valence-electron chi connectivity index (χ1n) is 5.24. The lowest BCUT2D eigenvalue weighted by Gasteiger charge is -2.08. The van der Waals surface area contributed by atoms with Crippen LogP contribution in [0.15, 0.2) is 36.4 Å². The van der Waals surface area contributed by atoms with Gasteiger partial charge in [-0.2, -0.15) is 5.26 Å². The average molecular weight is 245 g/mol. The van der Waals surface area contributed by atoms with Gasteiger partial charge in [-0.3, -0.25) is 0 Å². The lowest BCUT2D eigenvalue weighted by Crippen LogP contribution is -1.93. The van der Waals surface area contributed by atoms with Crippen LogP contribution in [0, 0.1) is 29.9 Å². The molecule has 0 heterocycles. The minimum atomic E-state index is -0.753. The first-order chi connectivity index (χ1) is 8.60. The van der Waals surface area contributed by atoms with Gasteiger partial charge in [0.25, 0.3) is 0 Å². The molecule has 0 unspecified atom stereocenters. The maximum Gasteiger partial charge on any atom is 0.198 e. The number of ether oxygens (including phenoxy) is 1. The quantitative estimate of drug-likeness (QED) is 0.802. The maximum atomic E-state index is 13.5. The van der Waals surface area contributed by atoms with Crippen molar-refractivity contribution >= 4 is 0 Å². The summed E-state index contributed by atoms with van der Waals surface area (Å²) in [6.07, 6.45) is 0. The molecule has 0 spiro atoms. The molecule has 0 saturated carbocycles. The fraction of sp³-hybridized carbons (Fsp3) is 0.0714. The molecule has 2 aromatic carbocycles. The van der Waals surface area contributed by atoms with Crippen molar-refractivity contribution in [2.45, 2.75) is 6.92 Å². The summed E-state index contributed by atoms with van der Waals surface area (Å²) >= 11 is 0. The predicted molar refractivity (Wildman–Crippen MR) is 62.3 cm³/mol. The number of rotatable bonds is 2. The second-order valence-corrected chi connectivity index (χ2v) is 3.80. The Morgan fingerprint density at radius 1 is 1.06 bits per heavy atom. The maximum absolute atomic E-state index is 13.5. The molecule has 2 rings (SSSR count). The summed E-state index contributed by atoms with van der Waals surface area (Å²) < 4.78 is 32.2. The molecule has 4 heteroatoms. The lowest BCUT2D eigenvalue weighted by molar-refractivity contribution is 0.407. The van der Waals surface area contributed by atoms with Gasteiger partial charge in [0.15, 0.2) is 17.4 Å². The van der Waals surface area contributed by atoms with Gasteiger partial charge in [-0.1, -0.05) is 0 Å². The Morgan fingerprint density at radius 2 is 1.61 bits per heavy atom. The number of nitrogens with zero attached hydrogens (tertiary/aromatic N) is 1. The van der Waals surface area contributed by atoms with E-state index in [-0.39, 0.29) is 5.75 Å². The first-order valence-corrected chi connectivity index (χ1v) is 5.24. The highest BCUT2D eigenvalue weighted by Crippen LogP contribution is 2.28. The standard InChI is InChI=1S/C14H9F2NO/c1-9-6-12(15)14(13(16)7-9)18-11-4-2-10(8-17)3-5-11/h2-7H,1H3. The van der Waals surface area contributed by atoms with E-state index in [1.54, 1.807) is 6.92 Å². The second-order valence-electron chi connectivity index (χ2n) is 3.80. The highest BCUT2D eigenvalue weighted by molar-refractivity contribution is 5.39. The van der Waals surface area contributed by atoms with Gasteiger partial charge >= 0.3 is 0 Å². The molecule has 0 aromatic heterocycles. The van der Waals surface area contributed by atoms with E-state index in [1.807, 2.05) is 6.07 Å². The van der Waals surface area contributed by atoms with Crippen LogP contribution in [0.1, 0.15) is 11.1 Å². The highest BCUT2D eigenvalue weighted by Gasteiger charge is 2.12. The largest absolute Gasteiger partial charge is 0.451 e. The molecular formula is C14H9F2NO. The van der Waals surface area contributed by atoms with Crippen molar-refractivity contribution in [2.24, 2.45) is 0 Å². The highest BCUT2D eigenvalue weighted by atomic mass is 19.1. The van der Waals surface area contributed by atoms with Crippen molar-refractivity contribution in [3.8, 4) is 17.6 Å². The van der Waals surface area contributed by atoms with Crippen LogP contribution in [-0.2, 0) is 0 Å². The summed E-state index contributed by atoms with van der Waals surface area (Å²) in [5.41, 5.74) is 0.935. The van der Waals surface area contributed by atoms with Crippen LogP contribution < -0.4 is 4.74 Å². The molecule has 18 heavy (non-hydrogen) atoms. The van der Waals surface area contributed by atoms with Crippen molar-refractivity contribution in [1.29, 1.82) is 5.26 Å². The molecule has 0 saturated heterocycles. The smallest absolute Gasteiger partial charge is 0.198 e. The van der Waals surface area contributed by atoms with Crippen LogP contribution in [0.3, 0.4) is 0 Å². The zero-order valence-corrected chi connectivity index (χ0v) is 9.58. The Hall–Kier alpha value is -2.41. The van der Waals surface area contributed by atoms with Crippen LogP contribution in [0.5, 0.6) is 11.5 Å². The SMILES string of the molecule is Cc1cc(F)c(Oc2ccc(C#N)cc2)c(F)c1. The van der Waals surface area contributed by atoms with Crippen LogP contribution in [0.4, 0.5) is 8.78 Å². The minimum Gasteiger partial charge on any atom is -0.451 e. The van der Waals surface area contributed by atoms with E-state index in [9.17, 15) is 8.78 Å².